The Morgan fingerprint density at radius 3 is 1.16 bits per heavy atom. The number of hydrogen-bond donors (Lipinski definition) is 4. The molecule has 0 spiro atoms. The van der Waals surface area contributed by atoms with Gasteiger partial charge in [0.2, 0.25) is 0 Å². The Balaban J connectivity index is -0.000000346. The summed E-state index contributed by atoms with van der Waals surface area (Å²) in [5.74, 6) is -3.18. The van der Waals surface area contributed by atoms with E-state index in [0.29, 0.717) is 0 Å². The van der Waals surface area contributed by atoms with Crippen molar-refractivity contribution in [2.24, 2.45) is 0 Å². The summed E-state index contributed by atoms with van der Waals surface area (Å²) >= 11 is 0. The van der Waals surface area contributed by atoms with Gasteiger partial charge in [-0.1, -0.05) is 0 Å². The minimum Gasteiger partial charge on any atom is -0.543 e. The van der Waals surface area contributed by atoms with E-state index in [1.165, 1.54) is 0 Å². The van der Waals surface area contributed by atoms with E-state index in [9.17, 15) is 39.0 Å². The van der Waals surface area contributed by atoms with Gasteiger partial charge in [0.25, 0.3) is 11.1 Å². The van der Waals surface area contributed by atoms with Crippen LogP contribution in [0.4, 0.5) is 0 Å². The molecule has 0 fully saturated rings. The van der Waals surface area contributed by atoms with Crippen LogP contribution in [-0.4, -0.2) is 42.8 Å². The molecule has 2 heterocycles. The van der Waals surface area contributed by atoms with Gasteiger partial charge in [0, 0.05) is 12.1 Å². The summed E-state index contributed by atoms with van der Waals surface area (Å²) in [7, 11) is 0. The van der Waals surface area contributed by atoms with Crippen molar-refractivity contribution in [2.75, 3.05) is 0 Å². The van der Waals surface area contributed by atoms with Crippen LogP contribution in [0.1, 0.15) is 21.0 Å². The van der Waals surface area contributed by atoms with Crippen LogP contribution >= 0.6 is 0 Å². The van der Waals surface area contributed by atoms with Crippen LogP contribution in [0.5, 0.6) is 0 Å². The molecule has 14 nitrogen and oxygen atoms in total. The second kappa shape index (κ2) is 11.4. The van der Waals surface area contributed by atoms with Gasteiger partial charge in [-0.3, -0.25) is 19.6 Å². The van der Waals surface area contributed by atoms with Gasteiger partial charge in [0.15, 0.2) is 0 Å². The maximum Gasteiger partial charge on any atom is 2.00 e. The first-order chi connectivity index (χ1) is 10.2. The Labute approximate surface area is 148 Å². The molecule has 0 amide bonds. The Kier molecular flexibility index (Phi) is 12.2. The maximum absolute atomic E-state index is 10.4. The Morgan fingerprint density at radius 2 is 0.960 bits per heavy atom. The largest absolute Gasteiger partial charge is 2.00 e. The fourth-order valence-corrected chi connectivity index (χ4v) is 1.16. The zero-order valence-corrected chi connectivity index (χ0v) is 15.1. The molecule has 0 unspecified atom stereocenters. The fraction of sp³-hybridized carbons (Fsp3) is 0. The first-order valence-corrected chi connectivity index (χ1v) is 5.29. The fourth-order valence-electron chi connectivity index (χ4n) is 1.16. The van der Waals surface area contributed by atoms with Crippen molar-refractivity contribution in [1.29, 1.82) is 0 Å². The third-order valence-electron chi connectivity index (χ3n) is 1.96. The molecule has 0 radical (unpaired) electrons. The van der Waals surface area contributed by atoms with Crippen molar-refractivity contribution in [3.63, 3.8) is 0 Å². The quantitative estimate of drug-likeness (QED) is 0.343. The van der Waals surface area contributed by atoms with Crippen LogP contribution in [0.2, 0.25) is 0 Å². The summed E-state index contributed by atoms with van der Waals surface area (Å²) < 4.78 is 0. The molecule has 0 aromatic carbocycles. The number of carbonyl (C=O) groups excluding carboxylic acids is 2. The van der Waals surface area contributed by atoms with Gasteiger partial charge in [-0.15, -0.1) is 0 Å². The molecule has 0 aliphatic carbocycles. The predicted octanol–water partition coefficient (Wildman–Crippen LogP) is -6.80. The first-order valence-electron chi connectivity index (χ1n) is 5.29. The third kappa shape index (κ3) is 8.90. The summed E-state index contributed by atoms with van der Waals surface area (Å²) in [5.41, 5.74) is -4.33. The van der Waals surface area contributed by atoms with Crippen molar-refractivity contribution in [2.45, 2.75) is 0 Å². The van der Waals surface area contributed by atoms with Crippen molar-refractivity contribution in [3.8, 4) is 0 Å². The van der Waals surface area contributed by atoms with E-state index >= 15 is 0 Å². The maximum atomic E-state index is 10.4. The Morgan fingerprint density at radius 1 is 0.680 bits per heavy atom. The molecular formula is C10H10N4O10Zn. The summed E-state index contributed by atoms with van der Waals surface area (Å²) in [4.78, 5) is 69.2. The zero-order chi connectivity index (χ0) is 16.9. The van der Waals surface area contributed by atoms with Gasteiger partial charge in [0.05, 0.1) is 23.3 Å². The van der Waals surface area contributed by atoms with Crippen LogP contribution in [0.3, 0.4) is 0 Å². The molecule has 2 aromatic rings. The smallest absolute Gasteiger partial charge is 0.543 e. The average molecular weight is 412 g/mol. The molecule has 15 heteroatoms. The topological polar surface area (TPSA) is 275 Å². The number of aromatic carboxylic acids is 2. The second-order valence-corrected chi connectivity index (χ2v) is 3.58. The minimum atomic E-state index is -1.59. The molecule has 2 rings (SSSR count). The average Bonchev–Trinajstić information content (AvgIpc) is 2.37. The van der Waals surface area contributed by atoms with Crippen LogP contribution < -0.4 is 32.7 Å². The number of hydrogen-bond acceptors (Lipinski definition) is 8. The monoisotopic (exact) mass is 410 g/mol. The molecule has 0 saturated heterocycles. The van der Waals surface area contributed by atoms with Crippen molar-refractivity contribution >= 4 is 11.9 Å². The van der Waals surface area contributed by atoms with E-state index < -0.39 is 45.8 Å². The van der Waals surface area contributed by atoms with Crippen LogP contribution in [-0.2, 0) is 19.5 Å². The molecule has 0 atom stereocenters. The molecule has 0 saturated carbocycles. The van der Waals surface area contributed by atoms with E-state index in [2.05, 4.69) is 0 Å². The molecule has 0 aliphatic rings. The summed E-state index contributed by atoms with van der Waals surface area (Å²) in [5, 5.41) is 20.1. The van der Waals surface area contributed by atoms with Crippen LogP contribution in [0.25, 0.3) is 0 Å². The first kappa shape index (κ1) is 26.7. The number of rotatable bonds is 2. The number of nitrogens with one attached hydrogen (secondary N) is 4. The third-order valence-corrected chi connectivity index (χ3v) is 1.96. The van der Waals surface area contributed by atoms with E-state index in [-0.39, 0.29) is 30.4 Å². The SMILES string of the molecule is O.O.O=C([O-])c1cc(=O)[nH]c(=O)[nH]1.O=C([O-])c1cc(=O)[nH]c(=O)[nH]1.[Zn+2]. The van der Waals surface area contributed by atoms with E-state index in [4.69, 9.17) is 0 Å². The number of carboxylic acid groups (broad SMARTS) is 2. The second-order valence-electron chi connectivity index (χ2n) is 3.58. The van der Waals surface area contributed by atoms with Crippen LogP contribution in [0, 0.1) is 0 Å². The minimum absolute atomic E-state index is 0. The Bertz CT molecular complexity index is 806. The predicted molar refractivity (Wildman–Crippen MR) is 71.3 cm³/mol. The van der Waals surface area contributed by atoms with Gasteiger partial charge >= 0.3 is 30.9 Å². The normalized spacial score (nSPS) is 8.32. The number of H-pyrrole nitrogens is 4. The summed E-state index contributed by atoms with van der Waals surface area (Å²) in [6, 6.07) is 1.47. The van der Waals surface area contributed by atoms with Crippen LogP contribution in [0.15, 0.2) is 31.3 Å². The number of aromatic nitrogens is 4. The van der Waals surface area contributed by atoms with E-state index in [1.807, 2.05) is 19.9 Å². The number of carboxylic acids is 2. The van der Waals surface area contributed by atoms with Gasteiger partial charge in [-0.2, -0.15) is 0 Å². The van der Waals surface area contributed by atoms with Crippen molar-refractivity contribution in [3.05, 3.63) is 65.2 Å². The molecule has 25 heavy (non-hydrogen) atoms. The summed E-state index contributed by atoms with van der Waals surface area (Å²) in [6.45, 7) is 0. The van der Waals surface area contributed by atoms with Gasteiger partial charge in [-0.25, -0.2) is 9.59 Å². The number of carbonyl (C=O) groups is 2. The molecule has 2 aromatic heterocycles. The summed E-state index contributed by atoms with van der Waals surface area (Å²) in [6.07, 6.45) is 0. The van der Waals surface area contributed by atoms with Crippen molar-refractivity contribution in [1.82, 2.24) is 19.9 Å². The standard InChI is InChI=1S/2C5H4N2O4.2H2O.Zn/c2*8-3-1-2(4(9)10)6-5(11)7-3;;;/h2*1H,(H,9,10)(H2,6,7,8,11);2*1H2;/q;;;;+2/p-2. The molecule has 8 N–H and O–H groups in total. The molecule has 132 valence electrons. The van der Waals surface area contributed by atoms with Gasteiger partial charge in [0.1, 0.15) is 0 Å². The van der Waals surface area contributed by atoms with Crippen molar-refractivity contribution < 1.29 is 50.2 Å². The molecular weight excluding hydrogens is 402 g/mol. The van der Waals surface area contributed by atoms with Gasteiger partial charge in [-0.05, 0) is 0 Å². The van der Waals surface area contributed by atoms with E-state index in [1.54, 1.807) is 0 Å². The Hall–Kier alpha value is -3.16. The molecule has 0 aliphatic heterocycles. The van der Waals surface area contributed by atoms with E-state index in [0.717, 1.165) is 12.1 Å². The number of aromatic amines is 4. The van der Waals surface area contributed by atoms with Gasteiger partial charge < -0.3 is 40.7 Å². The zero-order valence-electron chi connectivity index (χ0n) is 12.1. The molecule has 0 bridgehead atoms.